The number of nitrogens with zero attached hydrogens (tertiary/aromatic N) is 3. The smallest absolute Gasteiger partial charge is 0.328 e. The molecule has 10 nitrogen and oxygen atoms in total. The van der Waals surface area contributed by atoms with Gasteiger partial charge in [0.25, 0.3) is 11.5 Å². The molecule has 1 aromatic heterocycles. The van der Waals surface area contributed by atoms with Gasteiger partial charge in [0, 0.05) is 50.9 Å². The summed E-state index contributed by atoms with van der Waals surface area (Å²) in [7, 11) is 2.78. The number of fused-ring (bicyclic) bond motifs is 2. The Morgan fingerprint density at radius 2 is 1.83 bits per heavy atom. The molecule has 0 spiro atoms. The number of benzene rings is 1. The molecule has 3 aliphatic heterocycles. The van der Waals surface area contributed by atoms with Crippen LogP contribution in [0.1, 0.15) is 34.5 Å². The highest BCUT2D eigenvalue weighted by Gasteiger charge is 2.38. The molecule has 0 N–H and O–H groups in total. The van der Waals surface area contributed by atoms with Crippen molar-refractivity contribution in [3.8, 4) is 17.2 Å². The minimum absolute atomic E-state index is 0.203. The second-order valence-electron chi connectivity index (χ2n) is 9.21. The molecule has 0 radical (unpaired) electrons. The number of hydrogen-bond acceptors (Lipinski definition) is 8. The number of amides is 1. The van der Waals surface area contributed by atoms with E-state index in [1.54, 1.807) is 9.47 Å². The second kappa shape index (κ2) is 10.2. The average molecular weight is 498 g/mol. The summed E-state index contributed by atoms with van der Waals surface area (Å²) < 4.78 is 23.4. The van der Waals surface area contributed by atoms with Crippen molar-refractivity contribution in [3.05, 3.63) is 51.4 Å². The molecule has 1 aromatic carbocycles. The third kappa shape index (κ3) is 4.53. The third-order valence-electron chi connectivity index (χ3n) is 7.12. The van der Waals surface area contributed by atoms with Crippen molar-refractivity contribution >= 4 is 11.9 Å². The molecule has 192 valence electrons. The maximum Gasteiger partial charge on any atom is 0.328 e. The van der Waals surface area contributed by atoms with Crippen molar-refractivity contribution in [2.24, 2.45) is 0 Å². The zero-order valence-corrected chi connectivity index (χ0v) is 20.7. The predicted octanol–water partition coefficient (Wildman–Crippen LogP) is 1.46. The summed E-state index contributed by atoms with van der Waals surface area (Å²) in [6, 6.07) is 6.69. The Bertz CT molecular complexity index is 1220. The molecule has 1 atom stereocenters. The normalized spacial score (nSPS) is 19.4. The van der Waals surface area contributed by atoms with Crippen molar-refractivity contribution in [2.45, 2.75) is 38.4 Å². The Labute approximate surface area is 209 Å². The molecule has 0 unspecified atom stereocenters. The van der Waals surface area contributed by atoms with E-state index < -0.39 is 12.0 Å². The Balaban J connectivity index is 1.41. The van der Waals surface area contributed by atoms with Crippen LogP contribution >= 0.6 is 0 Å². The first kappa shape index (κ1) is 24.2. The summed E-state index contributed by atoms with van der Waals surface area (Å²) >= 11 is 0. The second-order valence-corrected chi connectivity index (χ2v) is 9.21. The maximum absolute atomic E-state index is 13.7. The zero-order chi connectivity index (χ0) is 25.2. The van der Waals surface area contributed by atoms with Gasteiger partial charge < -0.3 is 28.4 Å². The first-order chi connectivity index (χ1) is 17.5. The van der Waals surface area contributed by atoms with Crippen LogP contribution in [-0.4, -0.2) is 79.4 Å². The lowest BCUT2D eigenvalue weighted by Gasteiger charge is -2.25. The minimum Gasteiger partial charge on any atom is -0.496 e. The van der Waals surface area contributed by atoms with Crippen LogP contribution in [0.3, 0.4) is 0 Å². The topological polar surface area (TPSA) is 99.5 Å². The van der Waals surface area contributed by atoms with E-state index in [1.165, 1.54) is 20.3 Å². The van der Waals surface area contributed by atoms with Crippen LogP contribution in [0.15, 0.2) is 29.1 Å². The van der Waals surface area contributed by atoms with E-state index >= 15 is 0 Å². The number of aromatic nitrogens is 1. The van der Waals surface area contributed by atoms with Gasteiger partial charge in [-0.1, -0.05) is 6.07 Å². The Kier molecular flexibility index (Phi) is 6.86. The lowest BCUT2D eigenvalue weighted by atomic mass is 10.1. The fourth-order valence-electron chi connectivity index (χ4n) is 5.32. The molecule has 10 heteroatoms. The molecule has 2 aromatic rings. The largest absolute Gasteiger partial charge is 0.496 e. The van der Waals surface area contributed by atoms with Gasteiger partial charge in [0.2, 0.25) is 0 Å². The highest BCUT2D eigenvalue weighted by molar-refractivity contribution is 6.00. The highest BCUT2D eigenvalue weighted by atomic mass is 16.6. The molecular formula is C26H31N3O7. The van der Waals surface area contributed by atoms with Gasteiger partial charge in [0.05, 0.1) is 14.2 Å². The van der Waals surface area contributed by atoms with Crippen LogP contribution in [-0.2, 0) is 29.0 Å². The SMILES string of the molecule is COC(=O)[C@@H]1CCCN1C(=O)c1c(OC)cc(=O)n2c1CCN(Cc1ccc3c(c1)OCCO3)CC2. The zero-order valence-electron chi connectivity index (χ0n) is 20.7. The van der Waals surface area contributed by atoms with Gasteiger partial charge in [-0.2, -0.15) is 0 Å². The first-order valence-electron chi connectivity index (χ1n) is 12.3. The summed E-state index contributed by atoms with van der Waals surface area (Å²) in [5, 5.41) is 0. The molecule has 0 bridgehead atoms. The molecule has 1 amide bonds. The predicted molar refractivity (Wildman–Crippen MR) is 130 cm³/mol. The molecule has 4 heterocycles. The van der Waals surface area contributed by atoms with Gasteiger partial charge in [-0.15, -0.1) is 0 Å². The fourth-order valence-corrected chi connectivity index (χ4v) is 5.32. The lowest BCUT2D eigenvalue weighted by molar-refractivity contribution is -0.145. The summed E-state index contributed by atoms with van der Waals surface area (Å²) in [5.74, 6) is 1.01. The number of esters is 1. The van der Waals surface area contributed by atoms with Crippen LogP contribution < -0.4 is 19.8 Å². The molecule has 5 rings (SSSR count). The number of carbonyl (C=O) groups is 2. The van der Waals surface area contributed by atoms with Gasteiger partial charge in [0.15, 0.2) is 11.5 Å². The number of hydrogen-bond donors (Lipinski definition) is 0. The van der Waals surface area contributed by atoms with E-state index in [-0.39, 0.29) is 17.2 Å². The van der Waals surface area contributed by atoms with Crippen LogP contribution in [0.4, 0.5) is 0 Å². The van der Waals surface area contributed by atoms with E-state index in [4.69, 9.17) is 18.9 Å². The van der Waals surface area contributed by atoms with Gasteiger partial charge in [-0.05, 0) is 30.5 Å². The molecule has 36 heavy (non-hydrogen) atoms. The minimum atomic E-state index is -0.628. The van der Waals surface area contributed by atoms with Crippen LogP contribution in [0, 0.1) is 0 Å². The van der Waals surface area contributed by atoms with Crippen LogP contribution in [0.5, 0.6) is 17.2 Å². The number of pyridine rings is 1. The number of methoxy groups -OCH3 is 2. The monoisotopic (exact) mass is 497 g/mol. The highest BCUT2D eigenvalue weighted by Crippen LogP contribution is 2.32. The van der Waals surface area contributed by atoms with E-state index in [1.807, 2.05) is 18.2 Å². The molecule has 3 aliphatic rings. The van der Waals surface area contributed by atoms with Crippen molar-refractivity contribution in [3.63, 3.8) is 0 Å². The lowest BCUT2D eigenvalue weighted by Crippen LogP contribution is -2.42. The van der Waals surface area contributed by atoms with E-state index in [9.17, 15) is 14.4 Å². The van der Waals surface area contributed by atoms with E-state index in [0.717, 1.165) is 17.1 Å². The van der Waals surface area contributed by atoms with Crippen LogP contribution in [0.2, 0.25) is 0 Å². The Hall–Kier alpha value is -3.53. The summed E-state index contributed by atoms with van der Waals surface area (Å²) in [6.45, 7) is 3.96. The molecule has 1 fully saturated rings. The fraction of sp³-hybridized carbons (Fsp3) is 0.500. The molecule has 1 saturated heterocycles. The van der Waals surface area contributed by atoms with Crippen LogP contribution in [0.25, 0.3) is 0 Å². The first-order valence-corrected chi connectivity index (χ1v) is 12.3. The van der Waals surface area contributed by atoms with Crippen molar-refractivity contribution in [2.75, 3.05) is 47.1 Å². The van der Waals surface area contributed by atoms with Crippen molar-refractivity contribution in [1.82, 2.24) is 14.4 Å². The molecular weight excluding hydrogens is 466 g/mol. The Morgan fingerprint density at radius 3 is 2.61 bits per heavy atom. The molecule has 0 saturated carbocycles. The number of ether oxygens (including phenoxy) is 4. The number of carbonyl (C=O) groups excluding carboxylic acids is 2. The van der Waals surface area contributed by atoms with E-state index in [0.29, 0.717) is 76.5 Å². The van der Waals surface area contributed by atoms with E-state index in [2.05, 4.69) is 4.90 Å². The molecule has 0 aliphatic carbocycles. The number of rotatable bonds is 5. The summed E-state index contributed by atoms with van der Waals surface area (Å²) in [4.78, 5) is 42.8. The number of likely N-dealkylation sites (tertiary alicyclic amines) is 1. The van der Waals surface area contributed by atoms with Gasteiger partial charge in [0.1, 0.15) is 30.6 Å². The van der Waals surface area contributed by atoms with Gasteiger partial charge >= 0.3 is 5.97 Å². The maximum atomic E-state index is 13.7. The van der Waals surface area contributed by atoms with Gasteiger partial charge in [-0.3, -0.25) is 14.5 Å². The quantitative estimate of drug-likeness (QED) is 0.573. The standard InChI is InChI=1S/C26H31N3O7/c1-33-22-15-23(30)28-11-10-27(16-17-5-6-20-21(14-17)36-13-12-35-20)9-7-18(28)24(22)25(31)29-8-3-4-19(29)26(32)34-2/h5-6,14-15,19H,3-4,7-13,16H2,1-2H3/t19-/m0/s1. The summed E-state index contributed by atoms with van der Waals surface area (Å²) in [6.07, 6.45) is 1.76. The summed E-state index contributed by atoms with van der Waals surface area (Å²) in [5.41, 5.74) is 1.88. The van der Waals surface area contributed by atoms with Gasteiger partial charge in [-0.25, -0.2) is 4.79 Å². The van der Waals surface area contributed by atoms with Crippen molar-refractivity contribution in [1.29, 1.82) is 0 Å². The Morgan fingerprint density at radius 1 is 1.03 bits per heavy atom. The van der Waals surface area contributed by atoms with Crippen molar-refractivity contribution < 1.29 is 28.5 Å². The third-order valence-corrected chi connectivity index (χ3v) is 7.12. The average Bonchev–Trinajstić information content (AvgIpc) is 3.30.